The molecule has 2 aromatic rings. The number of nitro benzene ring substituents is 1. The highest BCUT2D eigenvalue weighted by Crippen LogP contribution is 2.23. The van der Waals surface area contributed by atoms with Gasteiger partial charge in [0.1, 0.15) is 5.82 Å². The number of piperazine rings is 1. The van der Waals surface area contributed by atoms with Crippen LogP contribution in [-0.4, -0.2) is 60.5 Å². The smallest absolute Gasteiger partial charge is 0.317 e. The van der Waals surface area contributed by atoms with Crippen molar-refractivity contribution >= 4 is 29.0 Å². The molecule has 10 heteroatoms. The first-order valence-electron chi connectivity index (χ1n) is 10.0. The Morgan fingerprint density at radius 1 is 1.06 bits per heavy atom. The number of amides is 3. The van der Waals surface area contributed by atoms with Gasteiger partial charge in [-0.05, 0) is 30.3 Å². The molecule has 2 aliphatic heterocycles. The average molecular weight is 427 g/mol. The lowest BCUT2D eigenvalue weighted by molar-refractivity contribution is -0.384. The Morgan fingerprint density at radius 2 is 1.77 bits per heavy atom. The van der Waals surface area contributed by atoms with Gasteiger partial charge in [-0.1, -0.05) is 6.07 Å². The van der Waals surface area contributed by atoms with Crippen molar-refractivity contribution in [3.05, 3.63) is 64.5 Å². The van der Waals surface area contributed by atoms with Crippen LogP contribution in [0, 0.1) is 15.9 Å². The molecule has 9 nitrogen and oxygen atoms in total. The maximum Gasteiger partial charge on any atom is 0.317 e. The Kier molecular flexibility index (Phi) is 5.70. The van der Waals surface area contributed by atoms with Crippen LogP contribution in [0.15, 0.2) is 48.5 Å². The molecule has 2 aliphatic rings. The molecule has 1 atom stereocenters. The summed E-state index contributed by atoms with van der Waals surface area (Å²) < 4.78 is 13.5. The minimum absolute atomic E-state index is 0.0418. The number of carbonyl (C=O) groups is 2. The first-order valence-corrected chi connectivity index (χ1v) is 10.0. The van der Waals surface area contributed by atoms with Crippen LogP contribution in [-0.2, 0) is 4.79 Å². The number of non-ortho nitro benzene ring substituents is 1. The van der Waals surface area contributed by atoms with E-state index in [4.69, 9.17) is 0 Å². The summed E-state index contributed by atoms with van der Waals surface area (Å²) in [5.74, 6) is -0.567. The lowest BCUT2D eigenvalue weighted by Crippen LogP contribution is -2.53. The SMILES string of the molecule is O=C(NC1CC(=O)N(c2cccc(F)c2)C1)N1CCN(c2ccc([N+](=O)[O-])cc2)CC1. The molecule has 2 aromatic carbocycles. The van der Waals surface area contributed by atoms with Crippen molar-refractivity contribution in [3.8, 4) is 0 Å². The van der Waals surface area contributed by atoms with Crippen LogP contribution in [0.2, 0.25) is 0 Å². The van der Waals surface area contributed by atoms with E-state index in [9.17, 15) is 24.1 Å². The molecule has 3 amide bonds. The predicted octanol–water partition coefficient (Wildman–Crippen LogP) is 2.37. The zero-order valence-electron chi connectivity index (χ0n) is 16.7. The van der Waals surface area contributed by atoms with Crippen LogP contribution in [0.25, 0.3) is 0 Å². The van der Waals surface area contributed by atoms with Crippen molar-refractivity contribution in [2.45, 2.75) is 12.5 Å². The van der Waals surface area contributed by atoms with Crippen molar-refractivity contribution < 1.29 is 18.9 Å². The number of urea groups is 1. The van der Waals surface area contributed by atoms with Crippen molar-refractivity contribution in [1.29, 1.82) is 0 Å². The molecule has 2 heterocycles. The molecule has 0 radical (unpaired) electrons. The van der Waals surface area contributed by atoms with Crippen molar-refractivity contribution in [2.24, 2.45) is 0 Å². The minimum Gasteiger partial charge on any atom is -0.368 e. The Morgan fingerprint density at radius 3 is 2.42 bits per heavy atom. The molecular weight excluding hydrogens is 405 g/mol. The highest BCUT2D eigenvalue weighted by molar-refractivity contribution is 5.96. The number of carbonyl (C=O) groups excluding carboxylic acids is 2. The largest absolute Gasteiger partial charge is 0.368 e. The molecule has 4 rings (SSSR count). The third kappa shape index (κ3) is 4.57. The standard InChI is InChI=1S/C21H22FN5O4/c22-15-2-1-3-19(12-15)26-14-16(13-20(26)28)23-21(29)25-10-8-24(9-11-25)17-4-6-18(7-5-17)27(30)31/h1-7,12,16H,8-11,13-14H2,(H,23,29). The van der Waals surface area contributed by atoms with E-state index in [-0.39, 0.29) is 30.1 Å². The van der Waals surface area contributed by atoms with Gasteiger partial charge in [0.2, 0.25) is 5.91 Å². The summed E-state index contributed by atoms with van der Waals surface area (Å²) in [5, 5.41) is 13.7. The van der Waals surface area contributed by atoms with Gasteiger partial charge in [0.25, 0.3) is 5.69 Å². The van der Waals surface area contributed by atoms with Gasteiger partial charge in [-0.25, -0.2) is 9.18 Å². The number of hydrogen-bond donors (Lipinski definition) is 1. The van der Waals surface area contributed by atoms with E-state index < -0.39 is 10.7 Å². The number of benzene rings is 2. The van der Waals surface area contributed by atoms with Crippen molar-refractivity contribution in [3.63, 3.8) is 0 Å². The van der Waals surface area contributed by atoms with Crippen LogP contribution in [0.3, 0.4) is 0 Å². The number of nitro groups is 1. The Labute approximate surface area is 178 Å². The molecular formula is C21H22FN5O4. The summed E-state index contributed by atoms with van der Waals surface area (Å²) in [6, 6.07) is 11.6. The second-order valence-corrected chi connectivity index (χ2v) is 7.58. The zero-order chi connectivity index (χ0) is 22.0. The van der Waals surface area contributed by atoms with Gasteiger partial charge in [0, 0.05) is 62.7 Å². The van der Waals surface area contributed by atoms with Crippen molar-refractivity contribution in [2.75, 3.05) is 42.5 Å². The van der Waals surface area contributed by atoms with Gasteiger partial charge in [0.05, 0.1) is 11.0 Å². The van der Waals surface area contributed by atoms with E-state index in [1.807, 2.05) is 0 Å². The normalized spacial score (nSPS) is 18.9. The first kappa shape index (κ1) is 20.6. The predicted molar refractivity (Wildman–Crippen MR) is 113 cm³/mol. The Bertz CT molecular complexity index is 992. The Balaban J connectivity index is 1.29. The fraction of sp³-hybridized carbons (Fsp3) is 0.333. The quantitative estimate of drug-likeness (QED) is 0.597. The van der Waals surface area contributed by atoms with E-state index in [1.165, 1.54) is 29.2 Å². The van der Waals surface area contributed by atoms with Crippen LogP contribution in [0.4, 0.5) is 26.2 Å². The van der Waals surface area contributed by atoms with Crippen LogP contribution >= 0.6 is 0 Å². The van der Waals surface area contributed by atoms with Crippen molar-refractivity contribution in [1.82, 2.24) is 10.2 Å². The molecule has 31 heavy (non-hydrogen) atoms. The average Bonchev–Trinajstić information content (AvgIpc) is 3.14. The van der Waals surface area contributed by atoms with E-state index >= 15 is 0 Å². The Hall–Kier alpha value is -3.69. The van der Waals surface area contributed by atoms with Crippen LogP contribution < -0.4 is 15.1 Å². The van der Waals surface area contributed by atoms with Gasteiger partial charge in [0.15, 0.2) is 0 Å². The van der Waals surface area contributed by atoms with E-state index in [0.717, 1.165) is 5.69 Å². The van der Waals surface area contributed by atoms with Crippen LogP contribution in [0.5, 0.6) is 0 Å². The molecule has 0 aromatic heterocycles. The monoisotopic (exact) mass is 427 g/mol. The summed E-state index contributed by atoms with van der Waals surface area (Å²) in [7, 11) is 0. The number of nitrogens with one attached hydrogen (secondary N) is 1. The summed E-state index contributed by atoms with van der Waals surface area (Å²) >= 11 is 0. The van der Waals surface area contributed by atoms with E-state index in [2.05, 4.69) is 10.2 Å². The summed E-state index contributed by atoms with van der Waals surface area (Å²) in [4.78, 5) is 40.6. The number of anilines is 2. The summed E-state index contributed by atoms with van der Waals surface area (Å²) in [5.41, 5.74) is 1.40. The van der Waals surface area contributed by atoms with Gasteiger partial charge in [-0.15, -0.1) is 0 Å². The lowest BCUT2D eigenvalue weighted by Gasteiger charge is -2.36. The summed E-state index contributed by atoms with van der Waals surface area (Å²) in [6.45, 7) is 2.50. The minimum atomic E-state index is -0.435. The topological polar surface area (TPSA) is 99.0 Å². The number of rotatable bonds is 4. The molecule has 1 N–H and O–H groups in total. The second-order valence-electron chi connectivity index (χ2n) is 7.58. The molecule has 0 saturated carbocycles. The van der Waals surface area contributed by atoms with E-state index in [1.54, 1.807) is 29.2 Å². The fourth-order valence-corrected chi connectivity index (χ4v) is 3.92. The van der Waals surface area contributed by atoms with Gasteiger partial charge in [-0.3, -0.25) is 14.9 Å². The highest BCUT2D eigenvalue weighted by Gasteiger charge is 2.33. The number of halogens is 1. The highest BCUT2D eigenvalue weighted by atomic mass is 19.1. The molecule has 0 aliphatic carbocycles. The zero-order valence-corrected chi connectivity index (χ0v) is 16.7. The maximum atomic E-state index is 13.5. The molecule has 2 fully saturated rings. The van der Waals surface area contributed by atoms with Gasteiger partial charge in [-0.2, -0.15) is 0 Å². The maximum absolute atomic E-state index is 13.5. The molecule has 162 valence electrons. The molecule has 2 saturated heterocycles. The third-order valence-corrected chi connectivity index (χ3v) is 5.57. The molecule has 0 bridgehead atoms. The van der Waals surface area contributed by atoms with Gasteiger partial charge < -0.3 is 20.0 Å². The summed E-state index contributed by atoms with van der Waals surface area (Å²) in [6.07, 6.45) is 0.172. The molecule has 0 spiro atoms. The van der Waals surface area contributed by atoms with Gasteiger partial charge >= 0.3 is 6.03 Å². The molecule has 1 unspecified atom stereocenters. The first-order chi connectivity index (χ1) is 14.9. The fourth-order valence-electron chi connectivity index (χ4n) is 3.92. The van der Waals surface area contributed by atoms with Crippen LogP contribution in [0.1, 0.15) is 6.42 Å². The number of hydrogen-bond acceptors (Lipinski definition) is 5. The van der Waals surface area contributed by atoms with E-state index in [0.29, 0.717) is 38.4 Å². The lowest BCUT2D eigenvalue weighted by atomic mass is 10.2. The number of nitrogens with zero attached hydrogens (tertiary/aromatic N) is 4. The third-order valence-electron chi connectivity index (χ3n) is 5.57. The second kappa shape index (κ2) is 8.58.